The molecule has 9 heteroatoms. The lowest BCUT2D eigenvalue weighted by molar-refractivity contribution is -0.394. The van der Waals surface area contributed by atoms with E-state index in [-0.39, 0.29) is 12.1 Å². The highest BCUT2D eigenvalue weighted by Crippen LogP contribution is 2.24. The molecule has 0 atom stereocenters. The number of rotatable bonds is 7. The van der Waals surface area contributed by atoms with Gasteiger partial charge in [-0.05, 0) is 11.4 Å². The molecule has 0 radical (unpaired) electrons. The highest BCUT2D eigenvalue weighted by Gasteiger charge is 2.23. The molecule has 1 aromatic heterocycles. The molecule has 1 heterocycles. The van der Waals surface area contributed by atoms with Crippen LogP contribution in [0, 0.1) is 20.2 Å². The van der Waals surface area contributed by atoms with Crippen molar-refractivity contribution in [2.45, 2.75) is 6.54 Å². The Morgan fingerprint density at radius 3 is 2.29 bits per heavy atom. The van der Waals surface area contributed by atoms with Crippen molar-refractivity contribution < 1.29 is 14.6 Å². The molecule has 0 spiro atoms. The van der Waals surface area contributed by atoms with Gasteiger partial charge in [-0.1, -0.05) is 12.1 Å². The molecule has 0 aliphatic carbocycles. The van der Waals surface area contributed by atoms with Crippen LogP contribution < -0.4 is 0 Å². The molecule has 0 bridgehead atoms. The largest absolute Gasteiger partial charge is 0.330 e. The molecule has 124 valence electrons. The number of carbonyl (C=O) groups excluding carboxylic acids is 1. The second-order valence-electron chi connectivity index (χ2n) is 4.81. The predicted molar refractivity (Wildman–Crippen MR) is 89.0 cm³/mol. The van der Waals surface area contributed by atoms with Crippen LogP contribution >= 0.6 is 11.3 Å². The van der Waals surface area contributed by atoms with Crippen molar-refractivity contribution in [1.29, 1.82) is 0 Å². The summed E-state index contributed by atoms with van der Waals surface area (Å²) < 4.78 is 0. The summed E-state index contributed by atoms with van der Waals surface area (Å²) in [7, 11) is 0. The SMILES string of the molecule is C=CCN(Cc1cccs1)C(=O)c1cc([N+](=O)[O-])cc([N+](=O)[O-])c1. The van der Waals surface area contributed by atoms with E-state index >= 15 is 0 Å². The average Bonchev–Trinajstić information content (AvgIpc) is 3.06. The fourth-order valence-electron chi connectivity index (χ4n) is 2.08. The Balaban J connectivity index is 2.39. The maximum atomic E-state index is 12.6. The van der Waals surface area contributed by atoms with E-state index in [1.165, 1.54) is 22.3 Å². The number of nitro benzene ring substituents is 2. The first-order valence-corrected chi connectivity index (χ1v) is 7.66. The lowest BCUT2D eigenvalue weighted by Crippen LogP contribution is -2.30. The zero-order valence-corrected chi connectivity index (χ0v) is 13.3. The number of hydrogen-bond acceptors (Lipinski definition) is 6. The lowest BCUT2D eigenvalue weighted by Gasteiger charge is -2.20. The van der Waals surface area contributed by atoms with E-state index in [4.69, 9.17) is 0 Å². The minimum Gasteiger partial charge on any atom is -0.330 e. The smallest absolute Gasteiger partial charge is 0.277 e. The van der Waals surface area contributed by atoms with Gasteiger partial charge in [0.15, 0.2) is 0 Å². The third-order valence-corrected chi connectivity index (χ3v) is 4.00. The number of carbonyl (C=O) groups is 1. The van der Waals surface area contributed by atoms with Crippen molar-refractivity contribution in [2.24, 2.45) is 0 Å². The second kappa shape index (κ2) is 7.47. The molecule has 2 rings (SSSR count). The van der Waals surface area contributed by atoms with Crippen LogP contribution in [-0.4, -0.2) is 27.2 Å². The van der Waals surface area contributed by atoms with Crippen molar-refractivity contribution in [1.82, 2.24) is 4.90 Å². The van der Waals surface area contributed by atoms with Crippen molar-refractivity contribution >= 4 is 28.6 Å². The molecule has 0 aliphatic heterocycles. The third-order valence-electron chi connectivity index (χ3n) is 3.13. The quantitative estimate of drug-likeness (QED) is 0.433. The summed E-state index contributed by atoms with van der Waals surface area (Å²) in [5.41, 5.74) is -1.10. The predicted octanol–water partition coefficient (Wildman–Crippen LogP) is 3.39. The number of non-ortho nitro benzene ring substituents is 2. The zero-order valence-electron chi connectivity index (χ0n) is 12.5. The Hall–Kier alpha value is -3.07. The molecule has 0 saturated heterocycles. The van der Waals surface area contributed by atoms with Crippen molar-refractivity contribution in [3.8, 4) is 0 Å². The van der Waals surface area contributed by atoms with Crippen molar-refractivity contribution in [3.63, 3.8) is 0 Å². The molecular formula is C15H13N3O5S. The summed E-state index contributed by atoms with van der Waals surface area (Å²) in [6, 6.07) is 6.60. The summed E-state index contributed by atoms with van der Waals surface area (Å²) in [6.45, 7) is 4.10. The van der Waals surface area contributed by atoms with Crippen LogP contribution in [-0.2, 0) is 6.54 Å². The highest BCUT2D eigenvalue weighted by atomic mass is 32.1. The zero-order chi connectivity index (χ0) is 17.7. The first kappa shape index (κ1) is 17.3. The van der Waals surface area contributed by atoms with Gasteiger partial charge in [0, 0.05) is 23.6 Å². The molecule has 0 saturated carbocycles. The molecule has 0 aliphatic rings. The van der Waals surface area contributed by atoms with Crippen LogP contribution in [0.5, 0.6) is 0 Å². The minimum atomic E-state index is -0.763. The fourth-order valence-corrected chi connectivity index (χ4v) is 2.80. The van der Waals surface area contributed by atoms with Gasteiger partial charge in [0.05, 0.1) is 28.0 Å². The molecule has 24 heavy (non-hydrogen) atoms. The van der Waals surface area contributed by atoms with Crippen LogP contribution in [0.4, 0.5) is 11.4 Å². The number of hydrogen-bond donors (Lipinski definition) is 0. The molecule has 1 amide bonds. The third kappa shape index (κ3) is 4.02. The molecule has 0 unspecified atom stereocenters. The van der Waals surface area contributed by atoms with E-state index < -0.39 is 27.1 Å². The van der Waals surface area contributed by atoms with E-state index in [2.05, 4.69) is 6.58 Å². The van der Waals surface area contributed by atoms with Crippen LogP contribution in [0.15, 0.2) is 48.4 Å². The van der Waals surface area contributed by atoms with E-state index in [1.807, 2.05) is 17.5 Å². The Kier molecular flexibility index (Phi) is 5.38. The Labute approximate surface area is 140 Å². The first-order chi connectivity index (χ1) is 11.4. The fraction of sp³-hybridized carbons (Fsp3) is 0.133. The summed E-state index contributed by atoms with van der Waals surface area (Å²) in [4.78, 5) is 35.4. The second-order valence-corrected chi connectivity index (χ2v) is 5.84. The van der Waals surface area contributed by atoms with E-state index in [1.54, 1.807) is 0 Å². The minimum absolute atomic E-state index is 0.102. The van der Waals surface area contributed by atoms with Crippen LogP contribution in [0.25, 0.3) is 0 Å². The van der Waals surface area contributed by atoms with Crippen molar-refractivity contribution in [3.05, 3.63) is 79.0 Å². The number of nitrogens with zero attached hydrogens (tertiary/aromatic N) is 3. The summed E-state index contributed by atoms with van der Waals surface area (Å²) >= 11 is 1.46. The Bertz CT molecular complexity index is 756. The first-order valence-electron chi connectivity index (χ1n) is 6.78. The normalized spacial score (nSPS) is 10.2. The van der Waals surface area contributed by atoms with Gasteiger partial charge in [0.1, 0.15) is 0 Å². The summed E-state index contributed by atoms with van der Waals surface area (Å²) in [5.74, 6) is -0.532. The van der Waals surface area contributed by atoms with Gasteiger partial charge in [-0.25, -0.2) is 0 Å². The molecule has 1 aromatic carbocycles. The van der Waals surface area contributed by atoms with Gasteiger partial charge in [-0.15, -0.1) is 17.9 Å². The highest BCUT2D eigenvalue weighted by molar-refractivity contribution is 7.09. The molecule has 2 aromatic rings. The molecule has 8 nitrogen and oxygen atoms in total. The molecule has 0 N–H and O–H groups in total. The van der Waals surface area contributed by atoms with Crippen LogP contribution in [0.3, 0.4) is 0 Å². The Morgan fingerprint density at radius 1 is 1.21 bits per heavy atom. The lowest BCUT2D eigenvalue weighted by atomic mass is 10.1. The maximum Gasteiger partial charge on any atom is 0.277 e. The van der Waals surface area contributed by atoms with Gasteiger partial charge in [0.2, 0.25) is 0 Å². The van der Waals surface area contributed by atoms with Gasteiger partial charge in [-0.2, -0.15) is 0 Å². The summed E-state index contributed by atoms with van der Waals surface area (Å²) in [5, 5.41) is 23.8. The average molecular weight is 347 g/mol. The van der Waals surface area contributed by atoms with E-state index in [0.717, 1.165) is 23.1 Å². The van der Waals surface area contributed by atoms with E-state index in [0.29, 0.717) is 6.54 Å². The Morgan fingerprint density at radius 2 is 1.83 bits per heavy atom. The van der Waals surface area contributed by atoms with Crippen LogP contribution in [0.1, 0.15) is 15.2 Å². The summed E-state index contributed by atoms with van der Waals surface area (Å²) in [6.07, 6.45) is 1.53. The van der Waals surface area contributed by atoms with Gasteiger partial charge in [-0.3, -0.25) is 25.0 Å². The van der Waals surface area contributed by atoms with Gasteiger partial charge < -0.3 is 4.90 Å². The standard InChI is InChI=1S/C15H13N3O5S/c1-2-5-16(10-14-4-3-6-24-14)15(19)11-7-12(17(20)21)9-13(8-11)18(22)23/h2-4,6-9H,1,5,10H2. The topological polar surface area (TPSA) is 107 Å². The van der Waals surface area contributed by atoms with Crippen molar-refractivity contribution in [2.75, 3.05) is 6.54 Å². The number of nitro groups is 2. The maximum absolute atomic E-state index is 12.6. The monoisotopic (exact) mass is 347 g/mol. The number of amides is 1. The molecule has 0 fully saturated rings. The van der Waals surface area contributed by atoms with Gasteiger partial charge in [0.25, 0.3) is 17.3 Å². The van der Waals surface area contributed by atoms with Gasteiger partial charge >= 0.3 is 0 Å². The molecular weight excluding hydrogens is 334 g/mol. The van der Waals surface area contributed by atoms with Crippen LogP contribution in [0.2, 0.25) is 0 Å². The van der Waals surface area contributed by atoms with E-state index in [9.17, 15) is 25.0 Å². The number of thiophene rings is 1. The number of benzene rings is 1.